The highest BCUT2D eigenvalue weighted by Crippen LogP contribution is 2.30. The Morgan fingerprint density at radius 3 is 2.48 bits per heavy atom. The van der Waals surface area contributed by atoms with E-state index >= 15 is 0 Å². The molecule has 2 rings (SSSR count). The summed E-state index contributed by atoms with van der Waals surface area (Å²) in [7, 11) is 1.64. The van der Waals surface area contributed by atoms with Crippen molar-refractivity contribution >= 4 is 15.9 Å². The summed E-state index contributed by atoms with van der Waals surface area (Å²) in [5.41, 5.74) is 2.77. The number of benzene rings is 2. The molecule has 112 valence electrons. The first kappa shape index (κ1) is 16.0. The second-order valence-electron chi connectivity index (χ2n) is 4.88. The molecule has 0 heterocycles. The number of hydrogen-bond donors (Lipinski definition) is 1. The molecule has 2 nitrogen and oxygen atoms in total. The lowest BCUT2D eigenvalue weighted by molar-refractivity contribution is 0.414. The summed E-state index contributed by atoms with van der Waals surface area (Å²) in [6.45, 7) is 4.78. The van der Waals surface area contributed by atoms with Crippen LogP contribution in [0.25, 0.3) is 0 Å². The quantitative estimate of drug-likeness (QED) is 0.849. The number of aryl methyl sites for hydroxylation is 1. The fourth-order valence-corrected chi connectivity index (χ4v) is 2.76. The minimum absolute atomic E-state index is 0.172. The van der Waals surface area contributed by atoms with Crippen LogP contribution < -0.4 is 10.1 Å². The Bertz CT molecular complexity index is 630. The molecular formula is C17H19BrFNO. The predicted octanol–water partition coefficient (Wildman–Crippen LogP) is 4.60. The van der Waals surface area contributed by atoms with E-state index in [2.05, 4.69) is 21.2 Å². The summed E-state index contributed by atoms with van der Waals surface area (Å²) < 4.78 is 20.3. The summed E-state index contributed by atoms with van der Waals surface area (Å²) in [6, 6.07) is 10.9. The fourth-order valence-electron chi connectivity index (χ4n) is 2.43. The van der Waals surface area contributed by atoms with E-state index in [1.54, 1.807) is 7.11 Å². The summed E-state index contributed by atoms with van der Waals surface area (Å²) in [6.07, 6.45) is 0. The van der Waals surface area contributed by atoms with Gasteiger partial charge < -0.3 is 10.1 Å². The summed E-state index contributed by atoms with van der Waals surface area (Å²) in [5, 5.41) is 3.36. The van der Waals surface area contributed by atoms with Gasteiger partial charge in [0.1, 0.15) is 11.6 Å². The van der Waals surface area contributed by atoms with Gasteiger partial charge in [-0.3, -0.25) is 0 Å². The van der Waals surface area contributed by atoms with Crippen LogP contribution in [0.4, 0.5) is 4.39 Å². The van der Waals surface area contributed by atoms with Crippen LogP contribution in [-0.4, -0.2) is 13.7 Å². The van der Waals surface area contributed by atoms with Crippen LogP contribution in [0.5, 0.6) is 5.75 Å². The van der Waals surface area contributed by atoms with Crippen LogP contribution in [0.15, 0.2) is 40.9 Å². The molecule has 0 aliphatic carbocycles. The first-order valence-electron chi connectivity index (χ1n) is 6.89. The third kappa shape index (κ3) is 3.63. The van der Waals surface area contributed by atoms with Crippen LogP contribution in [0.2, 0.25) is 0 Å². The SMILES string of the molecule is CCNC(c1ccc(OC)cc1C)c1ccc(Br)cc1F. The van der Waals surface area contributed by atoms with Gasteiger partial charge in [-0.1, -0.05) is 35.0 Å². The van der Waals surface area contributed by atoms with E-state index in [1.165, 1.54) is 6.07 Å². The minimum atomic E-state index is -0.217. The van der Waals surface area contributed by atoms with Gasteiger partial charge >= 0.3 is 0 Å². The second kappa shape index (κ2) is 7.05. The van der Waals surface area contributed by atoms with Gasteiger partial charge in [0.25, 0.3) is 0 Å². The van der Waals surface area contributed by atoms with Crippen molar-refractivity contribution in [2.45, 2.75) is 19.9 Å². The van der Waals surface area contributed by atoms with Crippen molar-refractivity contribution in [3.8, 4) is 5.75 Å². The molecule has 1 N–H and O–H groups in total. The Balaban J connectivity index is 2.48. The maximum atomic E-state index is 14.3. The van der Waals surface area contributed by atoms with E-state index in [9.17, 15) is 4.39 Å². The first-order chi connectivity index (χ1) is 10.1. The monoisotopic (exact) mass is 351 g/mol. The van der Waals surface area contributed by atoms with Crippen LogP contribution in [-0.2, 0) is 0 Å². The van der Waals surface area contributed by atoms with E-state index < -0.39 is 0 Å². The number of ether oxygens (including phenoxy) is 1. The summed E-state index contributed by atoms with van der Waals surface area (Å²) in [4.78, 5) is 0. The fraction of sp³-hybridized carbons (Fsp3) is 0.294. The number of nitrogens with one attached hydrogen (secondary N) is 1. The van der Waals surface area contributed by atoms with Gasteiger partial charge in [-0.15, -0.1) is 0 Å². The van der Waals surface area contributed by atoms with Crippen molar-refractivity contribution in [2.75, 3.05) is 13.7 Å². The molecule has 2 aromatic rings. The summed E-state index contributed by atoms with van der Waals surface area (Å²) >= 11 is 3.30. The van der Waals surface area contributed by atoms with E-state index in [-0.39, 0.29) is 11.9 Å². The Hall–Kier alpha value is -1.39. The van der Waals surface area contributed by atoms with Crippen LogP contribution in [0, 0.1) is 12.7 Å². The number of rotatable bonds is 5. The molecule has 0 aliphatic heterocycles. The number of halogens is 2. The van der Waals surface area contributed by atoms with E-state index in [4.69, 9.17) is 4.74 Å². The molecule has 0 fully saturated rings. The van der Waals surface area contributed by atoms with Crippen molar-refractivity contribution in [3.63, 3.8) is 0 Å². The highest BCUT2D eigenvalue weighted by molar-refractivity contribution is 9.10. The highest BCUT2D eigenvalue weighted by atomic mass is 79.9. The lowest BCUT2D eigenvalue weighted by atomic mass is 9.94. The van der Waals surface area contributed by atoms with Crippen molar-refractivity contribution < 1.29 is 9.13 Å². The van der Waals surface area contributed by atoms with E-state index in [0.717, 1.165) is 27.9 Å². The van der Waals surface area contributed by atoms with Gasteiger partial charge in [0.15, 0.2) is 0 Å². The standard InChI is InChI=1S/C17H19BrFNO/c1-4-20-17(15-7-5-12(18)10-16(15)19)14-8-6-13(21-3)9-11(14)2/h5-10,17,20H,4H2,1-3H3. The molecule has 0 aromatic heterocycles. The topological polar surface area (TPSA) is 21.3 Å². The van der Waals surface area contributed by atoms with Gasteiger partial charge in [-0.05, 0) is 48.9 Å². The molecule has 0 saturated carbocycles. The molecule has 0 amide bonds. The van der Waals surface area contributed by atoms with Crippen molar-refractivity contribution in [1.82, 2.24) is 5.32 Å². The van der Waals surface area contributed by atoms with Crippen molar-refractivity contribution in [3.05, 3.63) is 63.4 Å². The van der Waals surface area contributed by atoms with Crippen LogP contribution in [0.3, 0.4) is 0 Å². The Labute approximate surface area is 133 Å². The molecule has 0 spiro atoms. The maximum Gasteiger partial charge on any atom is 0.129 e. The normalized spacial score (nSPS) is 12.2. The minimum Gasteiger partial charge on any atom is -0.497 e. The Morgan fingerprint density at radius 1 is 1.19 bits per heavy atom. The average Bonchev–Trinajstić information content (AvgIpc) is 2.46. The third-order valence-electron chi connectivity index (χ3n) is 3.47. The van der Waals surface area contributed by atoms with Gasteiger partial charge in [-0.25, -0.2) is 4.39 Å². The molecule has 2 aromatic carbocycles. The largest absolute Gasteiger partial charge is 0.497 e. The van der Waals surface area contributed by atoms with E-state index in [1.807, 2.05) is 44.2 Å². The second-order valence-corrected chi connectivity index (χ2v) is 5.79. The molecule has 0 aliphatic rings. The predicted molar refractivity (Wildman–Crippen MR) is 87.4 cm³/mol. The third-order valence-corrected chi connectivity index (χ3v) is 3.96. The zero-order chi connectivity index (χ0) is 15.4. The average molecular weight is 352 g/mol. The molecule has 0 radical (unpaired) electrons. The Morgan fingerprint density at radius 2 is 1.90 bits per heavy atom. The molecule has 21 heavy (non-hydrogen) atoms. The zero-order valence-electron chi connectivity index (χ0n) is 12.4. The Kier molecular flexibility index (Phi) is 5.37. The highest BCUT2D eigenvalue weighted by Gasteiger charge is 2.19. The van der Waals surface area contributed by atoms with Crippen LogP contribution in [0.1, 0.15) is 29.7 Å². The van der Waals surface area contributed by atoms with Crippen molar-refractivity contribution in [1.29, 1.82) is 0 Å². The molecule has 0 bridgehead atoms. The molecule has 4 heteroatoms. The summed E-state index contributed by atoms with van der Waals surface area (Å²) in [5.74, 6) is 0.591. The smallest absolute Gasteiger partial charge is 0.129 e. The van der Waals surface area contributed by atoms with Crippen LogP contribution >= 0.6 is 15.9 Å². The molecular weight excluding hydrogens is 333 g/mol. The number of hydrogen-bond acceptors (Lipinski definition) is 2. The zero-order valence-corrected chi connectivity index (χ0v) is 14.0. The molecule has 0 saturated heterocycles. The molecule has 1 atom stereocenters. The molecule has 1 unspecified atom stereocenters. The lowest BCUT2D eigenvalue weighted by Gasteiger charge is -2.22. The maximum absolute atomic E-state index is 14.3. The number of methoxy groups -OCH3 is 1. The lowest BCUT2D eigenvalue weighted by Crippen LogP contribution is -2.23. The van der Waals surface area contributed by atoms with Gasteiger partial charge in [-0.2, -0.15) is 0 Å². The van der Waals surface area contributed by atoms with Crippen molar-refractivity contribution in [2.24, 2.45) is 0 Å². The van der Waals surface area contributed by atoms with E-state index in [0.29, 0.717) is 5.56 Å². The van der Waals surface area contributed by atoms with Gasteiger partial charge in [0, 0.05) is 10.0 Å². The van der Waals surface area contributed by atoms with Gasteiger partial charge in [0.2, 0.25) is 0 Å². The first-order valence-corrected chi connectivity index (χ1v) is 7.69. The van der Waals surface area contributed by atoms with Gasteiger partial charge in [0.05, 0.1) is 13.2 Å².